The van der Waals surface area contributed by atoms with Gasteiger partial charge in [0.2, 0.25) is 0 Å². The van der Waals surface area contributed by atoms with Crippen LogP contribution in [0.1, 0.15) is 26.0 Å². The molecule has 1 aromatic rings. The minimum absolute atomic E-state index is 0.695. The Morgan fingerprint density at radius 1 is 1.69 bits per heavy atom. The Hall–Kier alpha value is -0.480. The summed E-state index contributed by atoms with van der Waals surface area (Å²) >= 11 is 6.59. The molecule has 2 nitrogen and oxygen atoms in total. The molecular formula is C9H14N2S2. The molecule has 0 saturated carbocycles. The zero-order valence-corrected chi connectivity index (χ0v) is 9.84. The zero-order chi connectivity index (χ0) is 9.84. The number of aromatic nitrogens is 1. The molecule has 0 fully saturated rings. The second-order valence-electron chi connectivity index (χ2n) is 2.95. The first kappa shape index (κ1) is 10.6. The molecule has 0 bridgehead atoms. The molecule has 0 saturated heterocycles. The van der Waals surface area contributed by atoms with Crippen LogP contribution in [0.2, 0.25) is 0 Å². The standard InChI is InChI=1S/C9H14N2S2/c1-4-5-8-6-13-9(11(8)3)10-7(2)12/h6H,4-5H2,1-3H3. The molecule has 13 heavy (non-hydrogen) atoms. The van der Waals surface area contributed by atoms with Crippen LogP contribution in [0.4, 0.5) is 0 Å². The number of hydrogen-bond acceptors (Lipinski definition) is 2. The number of nitrogens with zero attached hydrogens (tertiary/aromatic N) is 2. The molecule has 0 aliphatic carbocycles. The summed E-state index contributed by atoms with van der Waals surface area (Å²) in [5.41, 5.74) is 1.34. The van der Waals surface area contributed by atoms with Gasteiger partial charge in [0.1, 0.15) is 4.99 Å². The Kier molecular flexibility index (Phi) is 3.81. The van der Waals surface area contributed by atoms with Crippen molar-refractivity contribution in [2.24, 2.45) is 12.0 Å². The predicted molar refractivity (Wildman–Crippen MR) is 61.1 cm³/mol. The Bertz CT molecular complexity index is 360. The van der Waals surface area contributed by atoms with Crippen LogP contribution in [0.25, 0.3) is 0 Å². The molecular weight excluding hydrogens is 200 g/mol. The molecule has 72 valence electrons. The molecule has 0 N–H and O–H groups in total. The zero-order valence-electron chi connectivity index (χ0n) is 8.20. The van der Waals surface area contributed by atoms with Crippen LogP contribution in [0.15, 0.2) is 10.4 Å². The van der Waals surface area contributed by atoms with Crippen molar-refractivity contribution in [2.75, 3.05) is 0 Å². The lowest BCUT2D eigenvalue weighted by Gasteiger charge is -1.98. The first-order valence-electron chi connectivity index (χ1n) is 4.33. The maximum Gasteiger partial charge on any atom is 0.190 e. The maximum atomic E-state index is 4.94. The fraction of sp³-hybridized carbons (Fsp3) is 0.556. The lowest BCUT2D eigenvalue weighted by atomic mass is 10.3. The monoisotopic (exact) mass is 214 g/mol. The molecule has 0 aliphatic heterocycles. The first-order valence-corrected chi connectivity index (χ1v) is 5.62. The number of rotatable bonds is 2. The molecule has 0 unspecified atom stereocenters. The van der Waals surface area contributed by atoms with Gasteiger partial charge in [0, 0.05) is 18.1 Å². The van der Waals surface area contributed by atoms with Gasteiger partial charge in [0.15, 0.2) is 4.80 Å². The van der Waals surface area contributed by atoms with Crippen LogP contribution in [-0.2, 0) is 13.5 Å². The highest BCUT2D eigenvalue weighted by molar-refractivity contribution is 7.80. The van der Waals surface area contributed by atoms with Gasteiger partial charge in [-0.1, -0.05) is 25.6 Å². The van der Waals surface area contributed by atoms with Crippen molar-refractivity contribution in [2.45, 2.75) is 26.7 Å². The van der Waals surface area contributed by atoms with Crippen LogP contribution in [0.3, 0.4) is 0 Å². The van der Waals surface area contributed by atoms with Crippen molar-refractivity contribution >= 4 is 28.5 Å². The van der Waals surface area contributed by atoms with E-state index < -0.39 is 0 Å². The molecule has 1 aromatic heterocycles. The number of hydrogen-bond donors (Lipinski definition) is 0. The summed E-state index contributed by atoms with van der Waals surface area (Å²) in [6.07, 6.45) is 2.28. The summed E-state index contributed by atoms with van der Waals surface area (Å²) in [5.74, 6) is 0. The molecule has 0 radical (unpaired) electrons. The fourth-order valence-electron chi connectivity index (χ4n) is 1.12. The second-order valence-corrected chi connectivity index (χ2v) is 4.38. The van der Waals surface area contributed by atoms with Crippen LogP contribution in [0, 0.1) is 0 Å². The van der Waals surface area contributed by atoms with Crippen molar-refractivity contribution in [3.05, 3.63) is 15.9 Å². The van der Waals surface area contributed by atoms with E-state index in [1.807, 2.05) is 14.0 Å². The molecule has 0 aliphatic rings. The summed E-state index contributed by atoms with van der Waals surface area (Å²) in [6.45, 7) is 4.02. The van der Waals surface area contributed by atoms with Gasteiger partial charge in [-0.3, -0.25) is 0 Å². The number of thiocarbonyl (C=S) groups is 1. The lowest BCUT2D eigenvalue weighted by Crippen LogP contribution is -2.14. The summed E-state index contributed by atoms with van der Waals surface area (Å²) < 4.78 is 2.12. The molecule has 4 heteroatoms. The normalized spacial score (nSPS) is 12.1. The molecule has 0 aromatic carbocycles. The average molecular weight is 214 g/mol. The summed E-state index contributed by atoms with van der Waals surface area (Å²) in [6, 6.07) is 0. The van der Waals surface area contributed by atoms with Crippen LogP contribution >= 0.6 is 23.6 Å². The van der Waals surface area contributed by atoms with E-state index in [2.05, 4.69) is 21.9 Å². The molecule has 1 heterocycles. The molecule has 0 amide bonds. The molecule has 0 spiro atoms. The summed E-state index contributed by atoms with van der Waals surface area (Å²) in [5, 5.41) is 2.15. The van der Waals surface area contributed by atoms with E-state index in [0.29, 0.717) is 4.99 Å². The predicted octanol–water partition coefficient (Wildman–Crippen LogP) is 2.29. The quantitative estimate of drug-likeness (QED) is 0.690. The second kappa shape index (κ2) is 4.67. The molecule has 1 rings (SSSR count). The number of aryl methyl sites for hydroxylation is 1. The largest absolute Gasteiger partial charge is 0.324 e. The van der Waals surface area contributed by atoms with Gasteiger partial charge >= 0.3 is 0 Å². The lowest BCUT2D eigenvalue weighted by molar-refractivity contribution is 0.763. The van der Waals surface area contributed by atoms with E-state index in [-0.39, 0.29) is 0 Å². The van der Waals surface area contributed by atoms with Gasteiger partial charge in [-0.25, -0.2) is 4.99 Å². The fourth-order valence-corrected chi connectivity index (χ4v) is 2.25. The number of thiazole rings is 1. The van der Waals surface area contributed by atoms with Gasteiger partial charge in [0.25, 0.3) is 0 Å². The SMILES string of the molecule is CCCc1csc(=NC(C)=S)n1C. The Balaban J connectivity index is 3.06. The minimum Gasteiger partial charge on any atom is -0.324 e. The van der Waals surface area contributed by atoms with Gasteiger partial charge in [0.05, 0.1) is 0 Å². The van der Waals surface area contributed by atoms with Crippen molar-refractivity contribution in [3.63, 3.8) is 0 Å². The van der Waals surface area contributed by atoms with Crippen molar-refractivity contribution < 1.29 is 0 Å². The van der Waals surface area contributed by atoms with Gasteiger partial charge in [-0.2, -0.15) is 0 Å². The summed E-state index contributed by atoms with van der Waals surface area (Å²) in [7, 11) is 2.04. The van der Waals surface area contributed by atoms with Gasteiger partial charge < -0.3 is 4.57 Å². The Morgan fingerprint density at radius 2 is 2.38 bits per heavy atom. The topological polar surface area (TPSA) is 17.3 Å². The van der Waals surface area contributed by atoms with Crippen LogP contribution < -0.4 is 4.80 Å². The Morgan fingerprint density at radius 3 is 2.92 bits per heavy atom. The third-order valence-corrected chi connectivity index (χ3v) is 2.83. The summed E-state index contributed by atoms with van der Waals surface area (Å²) in [4.78, 5) is 5.97. The highest BCUT2D eigenvalue weighted by Gasteiger charge is 1.99. The highest BCUT2D eigenvalue weighted by atomic mass is 32.1. The third kappa shape index (κ3) is 2.74. The van der Waals surface area contributed by atoms with Crippen LogP contribution in [0.5, 0.6) is 0 Å². The van der Waals surface area contributed by atoms with E-state index in [9.17, 15) is 0 Å². The maximum absolute atomic E-state index is 4.94. The first-order chi connectivity index (χ1) is 6.15. The Labute approximate surface area is 87.9 Å². The molecule has 0 atom stereocenters. The van der Waals surface area contributed by atoms with Gasteiger partial charge in [-0.05, 0) is 13.3 Å². The van der Waals surface area contributed by atoms with E-state index in [0.717, 1.165) is 11.2 Å². The smallest absolute Gasteiger partial charge is 0.190 e. The third-order valence-electron chi connectivity index (χ3n) is 1.78. The van der Waals surface area contributed by atoms with Crippen molar-refractivity contribution in [1.29, 1.82) is 0 Å². The van der Waals surface area contributed by atoms with Crippen molar-refractivity contribution in [1.82, 2.24) is 4.57 Å². The average Bonchev–Trinajstić information content (AvgIpc) is 2.36. The van der Waals surface area contributed by atoms with Crippen molar-refractivity contribution in [3.8, 4) is 0 Å². The highest BCUT2D eigenvalue weighted by Crippen LogP contribution is 2.03. The van der Waals surface area contributed by atoms with Crippen LogP contribution in [-0.4, -0.2) is 9.56 Å². The van der Waals surface area contributed by atoms with E-state index in [4.69, 9.17) is 12.2 Å². The van der Waals surface area contributed by atoms with Gasteiger partial charge in [-0.15, -0.1) is 11.3 Å². The van der Waals surface area contributed by atoms with E-state index in [1.165, 1.54) is 12.1 Å². The van der Waals surface area contributed by atoms with E-state index >= 15 is 0 Å². The van der Waals surface area contributed by atoms with E-state index in [1.54, 1.807) is 11.3 Å². The minimum atomic E-state index is 0.695.